The smallest absolute Gasteiger partial charge is 0.219 e. The molecule has 6 heteroatoms. The summed E-state index contributed by atoms with van der Waals surface area (Å²) in [6.07, 6.45) is 2.10. The summed E-state index contributed by atoms with van der Waals surface area (Å²) >= 11 is 0. The molecule has 0 saturated carbocycles. The number of hydrogen-bond donors (Lipinski definition) is 1. The lowest BCUT2D eigenvalue weighted by Gasteiger charge is -2.24. The molecule has 3 aromatic rings. The van der Waals surface area contributed by atoms with Gasteiger partial charge in [-0.3, -0.25) is 0 Å². The second kappa shape index (κ2) is 7.48. The molecular formula is C21H25N5O. The molecule has 2 aromatic heterocycles. The summed E-state index contributed by atoms with van der Waals surface area (Å²) < 4.78 is 8.18. The molecule has 0 bridgehead atoms. The van der Waals surface area contributed by atoms with Crippen LogP contribution in [0, 0.1) is 20.8 Å². The van der Waals surface area contributed by atoms with E-state index in [2.05, 4.69) is 15.6 Å². The fraction of sp³-hybridized carbons (Fsp3) is 0.381. The van der Waals surface area contributed by atoms with Gasteiger partial charge >= 0.3 is 0 Å². The van der Waals surface area contributed by atoms with E-state index in [0.717, 1.165) is 59.9 Å². The summed E-state index contributed by atoms with van der Waals surface area (Å²) in [7, 11) is 0. The van der Waals surface area contributed by atoms with Crippen molar-refractivity contribution in [3.63, 3.8) is 0 Å². The Bertz CT molecular complexity index is 923. The first-order valence-electron chi connectivity index (χ1n) is 9.47. The van der Waals surface area contributed by atoms with Crippen molar-refractivity contribution in [2.24, 2.45) is 0 Å². The first-order valence-corrected chi connectivity index (χ1v) is 9.47. The van der Waals surface area contributed by atoms with E-state index >= 15 is 0 Å². The third-order valence-corrected chi connectivity index (χ3v) is 5.10. The maximum atomic E-state index is 6.13. The predicted molar refractivity (Wildman–Crippen MR) is 105 cm³/mol. The van der Waals surface area contributed by atoms with Gasteiger partial charge in [-0.2, -0.15) is 0 Å². The van der Waals surface area contributed by atoms with Gasteiger partial charge < -0.3 is 10.1 Å². The zero-order chi connectivity index (χ0) is 18.8. The van der Waals surface area contributed by atoms with Gasteiger partial charge in [0.15, 0.2) is 0 Å². The van der Waals surface area contributed by atoms with Crippen molar-refractivity contribution >= 4 is 0 Å². The van der Waals surface area contributed by atoms with Gasteiger partial charge in [0.25, 0.3) is 0 Å². The fourth-order valence-corrected chi connectivity index (χ4v) is 3.65. The summed E-state index contributed by atoms with van der Waals surface area (Å²) in [4.78, 5) is 4.77. The zero-order valence-electron chi connectivity index (χ0n) is 16.1. The van der Waals surface area contributed by atoms with E-state index in [-0.39, 0.29) is 0 Å². The minimum Gasteiger partial charge on any atom is -0.438 e. The van der Waals surface area contributed by atoms with Gasteiger partial charge in [0.2, 0.25) is 5.88 Å². The molecule has 0 radical (unpaired) electrons. The number of nitrogens with one attached hydrogen (secondary N) is 1. The van der Waals surface area contributed by atoms with Crippen LogP contribution in [-0.4, -0.2) is 33.1 Å². The SMILES string of the molecule is Cc1cccc(C)c1Oc1cccc(-c2c(C)nnn2C2CCNCC2)n1. The number of aryl methyl sites for hydroxylation is 3. The molecule has 3 heterocycles. The molecular weight excluding hydrogens is 338 g/mol. The monoisotopic (exact) mass is 363 g/mol. The molecule has 140 valence electrons. The van der Waals surface area contributed by atoms with Gasteiger partial charge in [0.1, 0.15) is 11.4 Å². The average molecular weight is 363 g/mol. The molecule has 0 aliphatic carbocycles. The van der Waals surface area contributed by atoms with Crippen LogP contribution in [0.25, 0.3) is 11.4 Å². The van der Waals surface area contributed by atoms with Crippen molar-refractivity contribution in [1.82, 2.24) is 25.3 Å². The number of ether oxygens (including phenoxy) is 1. The average Bonchev–Trinajstić information content (AvgIpc) is 3.07. The second-order valence-electron chi connectivity index (χ2n) is 7.13. The Labute approximate surface area is 159 Å². The third kappa shape index (κ3) is 3.57. The number of benzene rings is 1. The van der Waals surface area contributed by atoms with Crippen LogP contribution in [0.4, 0.5) is 0 Å². The van der Waals surface area contributed by atoms with E-state index in [1.54, 1.807) is 0 Å². The molecule has 1 aliphatic heterocycles. The van der Waals surface area contributed by atoms with Gasteiger partial charge in [-0.25, -0.2) is 9.67 Å². The maximum absolute atomic E-state index is 6.13. The number of para-hydroxylation sites is 1. The van der Waals surface area contributed by atoms with E-state index in [4.69, 9.17) is 9.72 Å². The van der Waals surface area contributed by atoms with E-state index in [9.17, 15) is 0 Å². The highest BCUT2D eigenvalue weighted by molar-refractivity contribution is 5.58. The lowest BCUT2D eigenvalue weighted by molar-refractivity contribution is 0.340. The van der Waals surface area contributed by atoms with Crippen molar-refractivity contribution in [3.8, 4) is 23.0 Å². The summed E-state index contributed by atoms with van der Waals surface area (Å²) in [6.45, 7) is 8.10. The number of hydrogen-bond acceptors (Lipinski definition) is 5. The Morgan fingerprint density at radius 3 is 2.44 bits per heavy atom. The van der Waals surface area contributed by atoms with Crippen molar-refractivity contribution in [3.05, 3.63) is 53.2 Å². The zero-order valence-corrected chi connectivity index (χ0v) is 16.1. The van der Waals surface area contributed by atoms with Crippen LogP contribution in [0.1, 0.15) is 35.7 Å². The topological polar surface area (TPSA) is 64.9 Å². The quantitative estimate of drug-likeness (QED) is 0.759. The molecule has 1 aliphatic rings. The van der Waals surface area contributed by atoms with Crippen LogP contribution in [0.2, 0.25) is 0 Å². The van der Waals surface area contributed by atoms with Crippen LogP contribution >= 0.6 is 0 Å². The van der Waals surface area contributed by atoms with Crippen molar-refractivity contribution in [1.29, 1.82) is 0 Å². The molecule has 0 unspecified atom stereocenters. The van der Waals surface area contributed by atoms with E-state index in [1.165, 1.54) is 0 Å². The predicted octanol–water partition coefficient (Wildman–Crippen LogP) is 3.98. The van der Waals surface area contributed by atoms with Crippen LogP contribution < -0.4 is 10.1 Å². The summed E-state index contributed by atoms with van der Waals surface area (Å²) in [5.41, 5.74) is 4.92. The summed E-state index contributed by atoms with van der Waals surface area (Å²) in [6, 6.07) is 12.4. The fourth-order valence-electron chi connectivity index (χ4n) is 3.65. The van der Waals surface area contributed by atoms with Gasteiger partial charge in [0.05, 0.1) is 17.4 Å². The third-order valence-electron chi connectivity index (χ3n) is 5.10. The highest BCUT2D eigenvalue weighted by Gasteiger charge is 2.22. The van der Waals surface area contributed by atoms with Crippen LogP contribution in [0.5, 0.6) is 11.6 Å². The van der Waals surface area contributed by atoms with Crippen molar-refractivity contribution in [2.75, 3.05) is 13.1 Å². The van der Waals surface area contributed by atoms with Crippen molar-refractivity contribution < 1.29 is 4.74 Å². The Morgan fingerprint density at radius 2 is 1.70 bits per heavy atom. The summed E-state index contributed by atoms with van der Waals surface area (Å²) in [5, 5.41) is 12.1. The second-order valence-corrected chi connectivity index (χ2v) is 7.13. The molecule has 1 N–H and O–H groups in total. The van der Waals surface area contributed by atoms with E-state index in [1.807, 2.05) is 61.9 Å². The maximum Gasteiger partial charge on any atom is 0.219 e. The Kier molecular flexibility index (Phi) is 4.90. The normalized spacial score (nSPS) is 15.1. The van der Waals surface area contributed by atoms with Gasteiger partial charge in [-0.15, -0.1) is 5.10 Å². The standard InChI is InChI=1S/C21H25N5O/c1-14-6-4-7-15(2)21(14)27-19-9-5-8-18(23-19)20-16(3)24-25-26(20)17-10-12-22-13-11-17/h4-9,17,22H,10-13H2,1-3H3. The Hall–Kier alpha value is -2.73. The minimum absolute atomic E-state index is 0.354. The Balaban J connectivity index is 1.68. The van der Waals surface area contributed by atoms with Gasteiger partial charge in [-0.05, 0) is 63.9 Å². The molecule has 1 aromatic carbocycles. The van der Waals surface area contributed by atoms with E-state index < -0.39 is 0 Å². The van der Waals surface area contributed by atoms with Gasteiger partial charge in [0, 0.05) is 6.07 Å². The molecule has 0 atom stereocenters. The molecule has 4 rings (SSSR count). The lowest BCUT2D eigenvalue weighted by Crippen LogP contribution is -2.30. The number of aromatic nitrogens is 4. The van der Waals surface area contributed by atoms with E-state index in [0.29, 0.717) is 11.9 Å². The Morgan fingerprint density at radius 1 is 1.00 bits per heavy atom. The highest BCUT2D eigenvalue weighted by atomic mass is 16.5. The lowest BCUT2D eigenvalue weighted by atomic mass is 10.1. The number of pyridine rings is 1. The molecule has 6 nitrogen and oxygen atoms in total. The molecule has 0 spiro atoms. The first-order chi connectivity index (χ1) is 13.1. The largest absolute Gasteiger partial charge is 0.438 e. The number of rotatable bonds is 4. The van der Waals surface area contributed by atoms with Crippen LogP contribution in [-0.2, 0) is 0 Å². The highest BCUT2D eigenvalue weighted by Crippen LogP contribution is 2.31. The first kappa shape index (κ1) is 17.7. The molecule has 0 amide bonds. The molecule has 1 saturated heterocycles. The van der Waals surface area contributed by atoms with Crippen LogP contribution in [0.3, 0.4) is 0 Å². The summed E-state index contributed by atoms with van der Waals surface area (Å²) in [5.74, 6) is 1.45. The van der Waals surface area contributed by atoms with Gasteiger partial charge in [-0.1, -0.05) is 29.5 Å². The number of nitrogens with zero attached hydrogens (tertiary/aromatic N) is 4. The molecule has 1 fully saturated rings. The molecule has 27 heavy (non-hydrogen) atoms. The van der Waals surface area contributed by atoms with Crippen molar-refractivity contribution in [2.45, 2.75) is 39.7 Å². The van der Waals surface area contributed by atoms with Crippen LogP contribution in [0.15, 0.2) is 36.4 Å². The minimum atomic E-state index is 0.354. The number of piperidine rings is 1.